The van der Waals surface area contributed by atoms with E-state index in [1.165, 1.54) is 17.7 Å². The number of hydrogen-bond acceptors (Lipinski definition) is 5. The summed E-state index contributed by atoms with van der Waals surface area (Å²) in [4.78, 5) is 28.4. The van der Waals surface area contributed by atoms with Gasteiger partial charge in [-0.15, -0.1) is 10.2 Å². The first kappa shape index (κ1) is 35.7. The Morgan fingerprint density at radius 1 is 1.15 bits per heavy atom. The van der Waals surface area contributed by atoms with Gasteiger partial charge in [0.05, 0.1) is 12.1 Å². The first-order valence-corrected chi connectivity index (χ1v) is 16.4. The number of aryl methyl sites for hydroxylation is 1. The van der Waals surface area contributed by atoms with Gasteiger partial charge in [-0.1, -0.05) is 44.9 Å². The number of carbonyl (C=O) groups excluding carboxylic acids is 2. The largest absolute Gasteiger partial charge is 0.416 e. The van der Waals surface area contributed by atoms with Crippen LogP contribution >= 0.6 is 0 Å². The van der Waals surface area contributed by atoms with Crippen LogP contribution in [0.4, 0.5) is 18.9 Å². The lowest BCUT2D eigenvalue weighted by Gasteiger charge is -2.31. The van der Waals surface area contributed by atoms with Gasteiger partial charge in [0, 0.05) is 49.4 Å². The van der Waals surface area contributed by atoms with Crippen molar-refractivity contribution in [1.29, 1.82) is 0 Å². The first-order valence-electron chi connectivity index (χ1n) is 16.4. The fourth-order valence-corrected chi connectivity index (χ4v) is 6.45. The third-order valence-electron chi connectivity index (χ3n) is 8.95. The zero-order valence-electron chi connectivity index (χ0n) is 28.1. The van der Waals surface area contributed by atoms with Gasteiger partial charge in [-0.05, 0) is 86.8 Å². The Kier molecular flexibility index (Phi) is 11.9. The number of rotatable bonds is 6. The van der Waals surface area contributed by atoms with Crippen LogP contribution in [0.3, 0.4) is 0 Å². The summed E-state index contributed by atoms with van der Waals surface area (Å²) in [7, 11) is 2.01. The third-order valence-corrected chi connectivity index (χ3v) is 8.95. The maximum Gasteiger partial charge on any atom is 0.416 e. The molecule has 1 saturated carbocycles. The molecule has 2 aliphatic heterocycles. The number of likely N-dealkylation sites (tertiary alicyclic amines) is 1. The lowest BCUT2D eigenvalue weighted by Crippen LogP contribution is -2.41. The SMILES string of the molecule is CC.CC#CC(=O)N1CCCC1CNC(C)c1cc2c(c(C(F)(F)F)c1)CN(c1ccccc1)C2=O.CC1CC(c2nncn2C)C1. The number of nitrogens with one attached hydrogen (secondary N) is 1. The minimum Gasteiger partial charge on any atom is -0.328 e. The zero-order valence-corrected chi connectivity index (χ0v) is 28.1. The second-order valence-corrected chi connectivity index (χ2v) is 12.2. The number of fused-ring (bicyclic) bond motifs is 1. The molecule has 11 heteroatoms. The molecule has 1 aromatic heterocycles. The van der Waals surface area contributed by atoms with Crippen molar-refractivity contribution in [2.75, 3.05) is 18.0 Å². The van der Waals surface area contributed by atoms with Crippen LogP contribution in [0.15, 0.2) is 48.8 Å². The number of aromatic nitrogens is 3. The van der Waals surface area contributed by atoms with Crippen molar-refractivity contribution in [3.8, 4) is 11.8 Å². The molecular weight excluding hydrogens is 605 g/mol. The molecule has 8 nitrogen and oxygen atoms in total. The highest BCUT2D eigenvalue weighted by atomic mass is 19.4. The highest BCUT2D eigenvalue weighted by Crippen LogP contribution is 2.41. The molecule has 3 aliphatic rings. The smallest absolute Gasteiger partial charge is 0.328 e. The van der Waals surface area contributed by atoms with E-state index in [1.54, 1.807) is 61.5 Å². The van der Waals surface area contributed by atoms with Gasteiger partial charge in [0.2, 0.25) is 0 Å². The minimum atomic E-state index is -4.58. The Morgan fingerprint density at radius 3 is 2.45 bits per heavy atom. The molecule has 252 valence electrons. The summed E-state index contributed by atoms with van der Waals surface area (Å²) in [5, 5.41) is 11.2. The number of hydrogen-bond donors (Lipinski definition) is 1. The van der Waals surface area contributed by atoms with Crippen LogP contribution in [0.1, 0.15) is 105 Å². The van der Waals surface area contributed by atoms with Gasteiger partial charge in [-0.25, -0.2) is 0 Å². The quantitative estimate of drug-likeness (QED) is 0.294. The monoisotopic (exact) mass is 650 g/mol. The van der Waals surface area contributed by atoms with Gasteiger partial charge >= 0.3 is 6.18 Å². The van der Waals surface area contributed by atoms with Gasteiger partial charge in [0.1, 0.15) is 12.2 Å². The molecule has 1 N–H and O–H groups in total. The summed E-state index contributed by atoms with van der Waals surface area (Å²) in [5.41, 5.74) is 0.252. The molecule has 2 fully saturated rings. The summed E-state index contributed by atoms with van der Waals surface area (Å²) in [5.74, 6) is 7.22. The molecular formula is C36H45F3N6O2. The highest BCUT2D eigenvalue weighted by molar-refractivity contribution is 6.10. The second-order valence-electron chi connectivity index (χ2n) is 12.2. The maximum atomic E-state index is 14.0. The fourth-order valence-electron chi connectivity index (χ4n) is 6.45. The third kappa shape index (κ3) is 8.22. The van der Waals surface area contributed by atoms with Crippen molar-refractivity contribution in [2.24, 2.45) is 13.0 Å². The van der Waals surface area contributed by atoms with Crippen molar-refractivity contribution < 1.29 is 22.8 Å². The van der Waals surface area contributed by atoms with Crippen molar-refractivity contribution in [1.82, 2.24) is 25.0 Å². The fraction of sp³-hybridized carbons (Fsp3) is 0.500. The molecule has 1 aliphatic carbocycles. The lowest BCUT2D eigenvalue weighted by atomic mass is 9.76. The van der Waals surface area contributed by atoms with E-state index in [1.807, 2.05) is 25.5 Å². The Morgan fingerprint density at radius 2 is 1.85 bits per heavy atom. The van der Waals surface area contributed by atoms with Gasteiger partial charge in [-0.2, -0.15) is 13.2 Å². The molecule has 1 saturated heterocycles. The Bertz CT molecular complexity index is 1590. The van der Waals surface area contributed by atoms with Crippen LogP contribution in [0.5, 0.6) is 0 Å². The van der Waals surface area contributed by atoms with E-state index < -0.39 is 23.7 Å². The number of para-hydroxylation sites is 1. The Labute approximate surface area is 275 Å². The van der Waals surface area contributed by atoms with Gasteiger partial charge < -0.3 is 19.7 Å². The number of halogens is 3. The molecule has 3 aromatic rings. The van der Waals surface area contributed by atoms with Crippen molar-refractivity contribution in [3.05, 3.63) is 76.9 Å². The van der Waals surface area contributed by atoms with Crippen LogP contribution in [0, 0.1) is 17.8 Å². The van der Waals surface area contributed by atoms with E-state index in [-0.39, 0.29) is 29.6 Å². The molecule has 2 aromatic carbocycles. The molecule has 0 radical (unpaired) electrons. The first-order chi connectivity index (χ1) is 22.5. The second kappa shape index (κ2) is 15.6. The predicted molar refractivity (Wildman–Crippen MR) is 176 cm³/mol. The number of anilines is 1. The Hall–Kier alpha value is -4.17. The number of alkyl halides is 3. The zero-order chi connectivity index (χ0) is 34.3. The lowest BCUT2D eigenvalue weighted by molar-refractivity contribution is -0.138. The molecule has 3 heterocycles. The van der Waals surface area contributed by atoms with Crippen molar-refractivity contribution >= 4 is 17.5 Å². The van der Waals surface area contributed by atoms with Crippen molar-refractivity contribution in [2.45, 2.75) is 91.0 Å². The maximum absolute atomic E-state index is 14.0. The summed E-state index contributed by atoms with van der Waals surface area (Å²) in [6, 6.07) is 10.9. The molecule has 47 heavy (non-hydrogen) atoms. The number of benzene rings is 2. The molecule has 2 unspecified atom stereocenters. The normalized spacial score (nSPS) is 20.5. The highest BCUT2D eigenvalue weighted by Gasteiger charge is 2.41. The number of carbonyl (C=O) groups is 2. The molecule has 0 bridgehead atoms. The standard InChI is InChI=1S/C26H26F3N3O2.C8H13N3.C2H6/c1-3-8-24(33)31-12-7-11-20(31)15-30-17(2)18-13-21-22(23(14-18)26(27,28)29)16-32(25(21)34)19-9-5-4-6-10-19;1-6-3-7(4-6)8-10-9-5-11(8)2;1-2/h4-6,9-10,13-14,17,20,30H,7,11-12,15-16H2,1-2H3;5-7H,3-4H2,1-2H3;1-2H3. The predicted octanol–water partition coefficient (Wildman–Crippen LogP) is 6.89. The number of amides is 2. The molecule has 2 atom stereocenters. The Balaban J connectivity index is 0.000000320. The van der Waals surface area contributed by atoms with Crippen LogP contribution in [-0.2, 0) is 24.6 Å². The summed E-state index contributed by atoms with van der Waals surface area (Å²) >= 11 is 0. The summed E-state index contributed by atoms with van der Waals surface area (Å²) < 4.78 is 44.0. The van der Waals surface area contributed by atoms with Crippen LogP contribution < -0.4 is 10.2 Å². The minimum absolute atomic E-state index is 0.00279. The van der Waals surface area contributed by atoms with Crippen molar-refractivity contribution in [3.63, 3.8) is 0 Å². The van der Waals surface area contributed by atoms with E-state index >= 15 is 0 Å². The van der Waals surface area contributed by atoms with Crippen LogP contribution in [-0.4, -0.2) is 50.6 Å². The topological polar surface area (TPSA) is 83.4 Å². The van der Waals surface area contributed by atoms with E-state index in [9.17, 15) is 22.8 Å². The summed E-state index contributed by atoms with van der Waals surface area (Å²) in [6.07, 6.45) is 1.43. The average Bonchev–Trinajstić information content (AvgIpc) is 3.78. The molecule has 0 spiro atoms. The average molecular weight is 651 g/mol. The van der Waals surface area contributed by atoms with E-state index in [0.717, 1.165) is 30.7 Å². The number of nitrogens with zero attached hydrogens (tertiary/aromatic N) is 5. The van der Waals surface area contributed by atoms with E-state index in [0.29, 0.717) is 30.3 Å². The van der Waals surface area contributed by atoms with E-state index in [2.05, 4.69) is 34.3 Å². The van der Waals surface area contributed by atoms with Gasteiger partial charge in [0.25, 0.3) is 11.8 Å². The van der Waals surface area contributed by atoms with Gasteiger partial charge in [-0.3, -0.25) is 9.59 Å². The molecule has 2 amide bonds. The van der Waals surface area contributed by atoms with Gasteiger partial charge in [0.15, 0.2) is 0 Å². The summed E-state index contributed by atoms with van der Waals surface area (Å²) in [6.45, 7) is 10.6. The molecule has 6 rings (SSSR count). The van der Waals surface area contributed by atoms with Crippen LogP contribution in [0.25, 0.3) is 0 Å². The van der Waals surface area contributed by atoms with E-state index in [4.69, 9.17) is 0 Å². The van der Waals surface area contributed by atoms with Crippen LogP contribution in [0.2, 0.25) is 0 Å².